The second-order valence-corrected chi connectivity index (χ2v) is 5.74. The van der Waals surface area contributed by atoms with E-state index in [9.17, 15) is 9.59 Å². The van der Waals surface area contributed by atoms with Gasteiger partial charge in [-0.1, -0.05) is 6.92 Å². The summed E-state index contributed by atoms with van der Waals surface area (Å²) < 4.78 is 0. The third kappa shape index (κ3) is 4.49. The van der Waals surface area contributed by atoms with Gasteiger partial charge in [0.2, 0.25) is 11.8 Å². The van der Waals surface area contributed by atoms with Gasteiger partial charge >= 0.3 is 0 Å². The fourth-order valence-corrected chi connectivity index (χ4v) is 2.35. The number of nitrogens with one attached hydrogen (secondary N) is 2. The van der Waals surface area contributed by atoms with E-state index >= 15 is 0 Å². The van der Waals surface area contributed by atoms with E-state index in [1.165, 1.54) is 6.42 Å². The van der Waals surface area contributed by atoms with Crippen LogP contribution in [0.5, 0.6) is 0 Å². The molecule has 1 aliphatic rings. The summed E-state index contributed by atoms with van der Waals surface area (Å²) in [7, 11) is 0. The molecule has 0 aromatic carbocycles. The fraction of sp³-hybridized carbons (Fsp3) is 0.857. The highest BCUT2D eigenvalue weighted by molar-refractivity contribution is 5.91. The first-order valence-corrected chi connectivity index (χ1v) is 7.23. The second kappa shape index (κ2) is 6.89. The van der Waals surface area contributed by atoms with Crippen LogP contribution in [-0.2, 0) is 9.59 Å². The zero-order valence-corrected chi connectivity index (χ0v) is 12.6. The van der Waals surface area contributed by atoms with Crippen molar-refractivity contribution in [2.24, 2.45) is 0 Å². The molecular formula is C14H27N3O2. The number of nitrogens with zero attached hydrogens (tertiary/aromatic N) is 1. The fourth-order valence-electron chi connectivity index (χ4n) is 2.35. The molecule has 0 spiro atoms. The van der Waals surface area contributed by atoms with Crippen LogP contribution in [0.2, 0.25) is 0 Å². The first kappa shape index (κ1) is 16.0. The Hall–Kier alpha value is -1.10. The van der Waals surface area contributed by atoms with Gasteiger partial charge in [-0.15, -0.1) is 0 Å². The summed E-state index contributed by atoms with van der Waals surface area (Å²) in [5, 5.41) is 5.92. The molecule has 1 heterocycles. The van der Waals surface area contributed by atoms with Crippen molar-refractivity contribution in [2.45, 2.75) is 58.5 Å². The van der Waals surface area contributed by atoms with Gasteiger partial charge in [0.1, 0.15) is 6.04 Å². The number of rotatable bonds is 5. The van der Waals surface area contributed by atoms with Crippen LogP contribution in [0.4, 0.5) is 0 Å². The predicted octanol–water partition coefficient (Wildman–Crippen LogP) is 0.892. The van der Waals surface area contributed by atoms with Gasteiger partial charge in [-0.3, -0.25) is 9.59 Å². The average Bonchev–Trinajstić information content (AvgIpc) is 2.38. The van der Waals surface area contributed by atoms with Crippen LogP contribution in [0.3, 0.4) is 0 Å². The first-order valence-electron chi connectivity index (χ1n) is 7.23. The molecule has 0 bridgehead atoms. The van der Waals surface area contributed by atoms with Crippen LogP contribution in [0.1, 0.15) is 47.0 Å². The van der Waals surface area contributed by atoms with Gasteiger partial charge in [-0.2, -0.15) is 0 Å². The number of likely N-dealkylation sites (N-methyl/N-ethyl adjacent to an activating group) is 1. The van der Waals surface area contributed by atoms with E-state index in [4.69, 9.17) is 0 Å². The summed E-state index contributed by atoms with van der Waals surface area (Å²) in [5.74, 6) is -0.104. The number of amides is 2. The Morgan fingerprint density at radius 2 is 1.79 bits per heavy atom. The van der Waals surface area contributed by atoms with Crippen LogP contribution in [0.25, 0.3) is 0 Å². The van der Waals surface area contributed by atoms with E-state index in [1.807, 2.05) is 25.7 Å². The van der Waals surface area contributed by atoms with Crippen LogP contribution in [-0.4, -0.2) is 47.9 Å². The SMILES string of the molecule is CCNC(C)(C)C(=O)NC(C)C(=O)N1CCCCC1. The molecule has 1 aliphatic heterocycles. The number of piperidine rings is 1. The molecule has 1 unspecified atom stereocenters. The van der Waals surface area contributed by atoms with Gasteiger partial charge < -0.3 is 15.5 Å². The monoisotopic (exact) mass is 269 g/mol. The van der Waals surface area contributed by atoms with E-state index in [1.54, 1.807) is 6.92 Å². The van der Waals surface area contributed by atoms with Crippen LogP contribution >= 0.6 is 0 Å². The maximum Gasteiger partial charge on any atom is 0.244 e. The Labute approximate surface area is 116 Å². The lowest BCUT2D eigenvalue weighted by molar-refractivity contribution is -0.138. The average molecular weight is 269 g/mol. The lowest BCUT2D eigenvalue weighted by Crippen LogP contribution is -2.57. The van der Waals surface area contributed by atoms with E-state index in [2.05, 4.69) is 10.6 Å². The lowest BCUT2D eigenvalue weighted by Gasteiger charge is -2.31. The summed E-state index contributed by atoms with van der Waals surface area (Å²) in [4.78, 5) is 26.2. The van der Waals surface area contributed by atoms with Crippen LogP contribution in [0, 0.1) is 0 Å². The highest BCUT2D eigenvalue weighted by Crippen LogP contribution is 2.10. The number of carbonyl (C=O) groups excluding carboxylic acids is 2. The second-order valence-electron chi connectivity index (χ2n) is 5.74. The number of carbonyl (C=O) groups is 2. The largest absolute Gasteiger partial charge is 0.343 e. The summed E-state index contributed by atoms with van der Waals surface area (Å²) in [5.41, 5.74) is -0.648. The Morgan fingerprint density at radius 1 is 1.21 bits per heavy atom. The van der Waals surface area contributed by atoms with Crippen molar-refractivity contribution >= 4 is 11.8 Å². The van der Waals surface area contributed by atoms with Crippen molar-refractivity contribution < 1.29 is 9.59 Å². The Balaban J connectivity index is 2.51. The van der Waals surface area contributed by atoms with E-state index in [0.29, 0.717) is 0 Å². The maximum absolute atomic E-state index is 12.2. The zero-order valence-electron chi connectivity index (χ0n) is 12.6. The molecular weight excluding hydrogens is 242 g/mol. The van der Waals surface area contributed by atoms with Gasteiger partial charge in [-0.25, -0.2) is 0 Å². The van der Waals surface area contributed by atoms with Crippen molar-refractivity contribution in [3.05, 3.63) is 0 Å². The molecule has 0 saturated carbocycles. The highest BCUT2D eigenvalue weighted by atomic mass is 16.2. The normalized spacial score (nSPS) is 18.0. The third-order valence-corrected chi connectivity index (χ3v) is 3.57. The quantitative estimate of drug-likeness (QED) is 0.779. The summed E-state index contributed by atoms with van der Waals surface area (Å²) >= 11 is 0. The molecule has 19 heavy (non-hydrogen) atoms. The van der Waals surface area contributed by atoms with Crippen molar-refractivity contribution in [1.29, 1.82) is 0 Å². The lowest BCUT2D eigenvalue weighted by atomic mass is 10.0. The van der Waals surface area contributed by atoms with E-state index < -0.39 is 11.6 Å². The predicted molar refractivity (Wildman–Crippen MR) is 75.8 cm³/mol. The summed E-state index contributed by atoms with van der Waals surface area (Å²) in [6.07, 6.45) is 3.32. The van der Waals surface area contributed by atoms with Crippen molar-refractivity contribution in [2.75, 3.05) is 19.6 Å². The smallest absolute Gasteiger partial charge is 0.244 e. The van der Waals surface area contributed by atoms with Gasteiger partial charge in [-0.05, 0) is 46.6 Å². The van der Waals surface area contributed by atoms with E-state index in [0.717, 1.165) is 32.5 Å². The molecule has 1 rings (SSSR count). The zero-order chi connectivity index (χ0) is 14.5. The molecule has 1 fully saturated rings. The molecule has 0 aromatic rings. The number of likely N-dealkylation sites (tertiary alicyclic amines) is 1. The Kier molecular flexibility index (Phi) is 5.79. The molecule has 1 atom stereocenters. The molecule has 2 N–H and O–H groups in total. The topological polar surface area (TPSA) is 61.4 Å². The molecule has 2 amide bonds. The van der Waals surface area contributed by atoms with Gasteiger partial charge in [0, 0.05) is 13.1 Å². The minimum absolute atomic E-state index is 0.0281. The van der Waals surface area contributed by atoms with Gasteiger partial charge in [0.15, 0.2) is 0 Å². The molecule has 1 saturated heterocycles. The number of hydrogen-bond donors (Lipinski definition) is 2. The maximum atomic E-state index is 12.2. The van der Waals surface area contributed by atoms with Crippen molar-refractivity contribution in [3.63, 3.8) is 0 Å². The standard InChI is InChI=1S/C14H27N3O2/c1-5-15-14(3,4)13(19)16-11(2)12(18)17-9-7-6-8-10-17/h11,15H,5-10H2,1-4H3,(H,16,19). The molecule has 0 aromatic heterocycles. The van der Waals surface area contributed by atoms with E-state index in [-0.39, 0.29) is 11.8 Å². The summed E-state index contributed by atoms with van der Waals surface area (Å²) in [6.45, 7) is 9.71. The molecule has 0 aliphatic carbocycles. The highest BCUT2D eigenvalue weighted by Gasteiger charge is 2.30. The molecule has 110 valence electrons. The van der Waals surface area contributed by atoms with Crippen molar-refractivity contribution in [3.8, 4) is 0 Å². The van der Waals surface area contributed by atoms with Crippen LogP contribution in [0.15, 0.2) is 0 Å². The summed E-state index contributed by atoms with van der Waals surface area (Å²) in [6, 6.07) is -0.455. The Bertz CT molecular complexity index is 323. The van der Waals surface area contributed by atoms with Gasteiger partial charge in [0.25, 0.3) is 0 Å². The van der Waals surface area contributed by atoms with Gasteiger partial charge in [0.05, 0.1) is 5.54 Å². The van der Waals surface area contributed by atoms with Crippen LogP contribution < -0.4 is 10.6 Å². The minimum Gasteiger partial charge on any atom is -0.343 e. The molecule has 0 radical (unpaired) electrons. The Morgan fingerprint density at radius 3 is 2.32 bits per heavy atom. The molecule has 5 heteroatoms. The number of hydrogen-bond acceptors (Lipinski definition) is 3. The third-order valence-electron chi connectivity index (χ3n) is 3.57. The first-order chi connectivity index (χ1) is 8.88. The minimum atomic E-state index is -0.648. The van der Waals surface area contributed by atoms with Crippen molar-refractivity contribution in [1.82, 2.24) is 15.5 Å². The molecule has 5 nitrogen and oxygen atoms in total.